The molecule has 0 atom stereocenters. The summed E-state index contributed by atoms with van der Waals surface area (Å²) in [5.74, 6) is 0.0504. The lowest BCUT2D eigenvalue weighted by Crippen LogP contribution is -2.26. The zero-order valence-electron chi connectivity index (χ0n) is 22.2. The molecule has 3 aromatic carbocycles. The van der Waals surface area contributed by atoms with Crippen LogP contribution in [0, 0.1) is 5.82 Å². The summed E-state index contributed by atoms with van der Waals surface area (Å²) in [6.07, 6.45) is 5.53. The number of amides is 2. The van der Waals surface area contributed by atoms with Crippen molar-refractivity contribution in [1.29, 1.82) is 0 Å². The summed E-state index contributed by atoms with van der Waals surface area (Å²) in [5, 5.41) is 3.43. The number of carbonyl (C=O) groups is 2. The van der Waals surface area contributed by atoms with Gasteiger partial charge in [0.1, 0.15) is 17.2 Å². The van der Waals surface area contributed by atoms with Crippen LogP contribution in [0.1, 0.15) is 36.0 Å². The van der Waals surface area contributed by atoms with Gasteiger partial charge in [-0.25, -0.2) is 4.39 Å². The minimum absolute atomic E-state index is 0.259. The van der Waals surface area contributed by atoms with Crippen molar-refractivity contribution in [2.45, 2.75) is 25.7 Å². The molecule has 8 heteroatoms. The van der Waals surface area contributed by atoms with Gasteiger partial charge in [-0.05, 0) is 55.2 Å². The first-order valence-electron chi connectivity index (χ1n) is 13.2. The Morgan fingerprint density at radius 3 is 2.51 bits per heavy atom. The molecule has 0 radical (unpaired) electrons. The molecule has 0 bridgehead atoms. The van der Waals surface area contributed by atoms with Crippen LogP contribution in [0.2, 0.25) is 0 Å². The molecule has 5 rings (SSSR count). The largest absolute Gasteiger partial charge is 0.455 e. The van der Waals surface area contributed by atoms with Crippen molar-refractivity contribution in [3.8, 4) is 22.5 Å². The molecule has 1 fully saturated rings. The smallest absolute Gasteiger partial charge is 0.255 e. The van der Waals surface area contributed by atoms with E-state index in [9.17, 15) is 14.0 Å². The van der Waals surface area contributed by atoms with Crippen molar-refractivity contribution >= 4 is 40.4 Å². The fourth-order valence-electron chi connectivity index (χ4n) is 5.15. The molecular formula is C31H32FN3O3S. The maximum Gasteiger partial charge on any atom is 0.255 e. The normalized spacial score (nSPS) is 13.3. The zero-order chi connectivity index (χ0) is 27.4. The van der Waals surface area contributed by atoms with Crippen LogP contribution < -0.4 is 9.62 Å². The number of carbonyl (C=O) groups excluding carboxylic acids is 2. The van der Waals surface area contributed by atoms with Crippen LogP contribution >= 0.6 is 11.9 Å². The quantitative estimate of drug-likeness (QED) is 0.176. The average molecular weight is 546 g/mol. The van der Waals surface area contributed by atoms with E-state index in [2.05, 4.69) is 21.8 Å². The van der Waals surface area contributed by atoms with E-state index in [1.165, 1.54) is 12.1 Å². The van der Waals surface area contributed by atoms with Crippen LogP contribution in [-0.4, -0.2) is 49.7 Å². The summed E-state index contributed by atoms with van der Waals surface area (Å²) in [5.41, 5.74) is 4.65. The second kappa shape index (κ2) is 11.9. The summed E-state index contributed by atoms with van der Waals surface area (Å²) in [6.45, 7) is 2.45. The minimum atomic E-state index is -0.352. The van der Waals surface area contributed by atoms with Crippen LogP contribution in [0.15, 0.2) is 71.1 Å². The molecule has 2 heterocycles. The molecule has 0 unspecified atom stereocenters. The molecule has 1 aliphatic heterocycles. The van der Waals surface area contributed by atoms with Gasteiger partial charge in [-0.2, -0.15) is 0 Å². The molecule has 1 saturated heterocycles. The van der Waals surface area contributed by atoms with Gasteiger partial charge in [-0.15, -0.1) is 0 Å². The van der Waals surface area contributed by atoms with Gasteiger partial charge in [-0.1, -0.05) is 42.3 Å². The fourth-order valence-corrected chi connectivity index (χ4v) is 5.81. The van der Waals surface area contributed by atoms with Gasteiger partial charge in [0.15, 0.2) is 0 Å². The topological polar surface area (TPSA) is 65.8 Å². The highest BCUT2D eigenvalue weighted by atomic mass is 32.2. The lowest BCUT2D eigenvalue weighted by atomic mass is 9.98. The molecule has 1 aliphatic rings. The number of benzene rings is 3. The van der Waals surface area contributed by atoms with Crippen LogP contribution in [-0.2, 0) is 4.79 Å². The van der Waals surface area contributed by atoms with E-state index < -0.39 is 0 Å². The highest BCUT2D eigenvalue weighted by molar-refractivity contribution is 8.00. The molecule has 6 nitrogen and oxygen atoms in total. The van der Waals surface area contributed by atoms with Crippen molar-refractivity contribution in [2.24, 2.45) is 0 Å². The number of furan rings is 1. The van der Waals surface area contributed by atoms with Crippen molar-refractivity contribution < 1.29 is 18.4 Å². The number of rotatable bonds is 10. The van der Waals surface area contributed by atoms with Crippen LogP contribution in [0.3, 0.4) is 0 Å². The first kappa shape index (κ1) is 26.8. The third-order valence-electron chi connectivity index (χ3n) is 7.15. The molecule has 0 aliphatic carbocycles. The van der Waals surface area contributed by atoms with Gasteiger partial charge in [0, 0.05) is 61.9 Å². The maximum absolute atomic E-state index is 13.7. The number of fused-ring (bicyclic) bond motifs is 1. The molecule has 202 valence electrons. The summed E-state index contributed by atoms with van der Waals surface area (Å²) < 4.78 is 22.2. The molecule has 1 N–H and O–H groups in total. The number of hydrogen-bond donors (Lipinski definition) is 1. The lowest BCUT2D eigenvalue weighted by Gasteiger charge is -2.25. The molecule has 2 amide bonds. The van der Waals surface area contributed by atoms with Crippen molar-refractivity contribution in [2.75, 3.05) is 37.2 Å². The molecule has 1 aromatic heterocycles. The van der Waals surface area contributed by atoms with E-state index in [-0.39, 0.29) is 17.6 Å². The molecule has 39 heavy (non-hydrogen) atoms. The minimum Gasteiger partial charge on any atom is -0.455 e. The van der Waals surface area contributed by atoms with E-state index in [1.54, 1.807) is 31.1 Å². The van der Waals surface area contributed by atoms with Crippen LogP contribution in [0.5, 0.6) is 0 Å². The number of halogens is 1. The van der Waals surface area contributed by atoms with E-state index in [4.69, 9.17) is 4.42 Å². The molecule has 0 spiro atoms. The monoisotopic (exact) mass is 545 g/mol. The third-order valence-corrected chi connectivity index (χ3v) is 7.97. The van der Waals surface area contributed by atoms with Gasteiger partial charge in [-0.3, -0.25) is 9.59 Å². The summed E-state index contributed by atoms with van der Waals surface area (Å²) in [7, 11) is 1.59. The SMILES string of the molecule is CNC(=O)c1c(-c2ccc(F)cc2)oc2cc(N(CCCCN3CCCC3=O)SC)c(-c3ccccc3)cc12. The summed E-state index contributed by atoms with van der Waals surface area (Å²) in [4.78, 5) is 27.0. The predicted octanol–water partition coefficient (Wildman–Crippen LogP) is 6.75. The summed E-state index contributed by atoms with van der Waals surface area (Å²) in [6, 6.07) is 20.1. The Morgan fingerprint density at radius 1 is 1.08 bits per heavy atom. The highest BCUT2D eigenvalue weighted by Crippen LogP contribution is 2.42. The van der Waals surface area contributed by atoms with E-state index >= 15 is 0 Å². The highest BCUT2D eigenvalue weighted by Gasteiger charge is 2.25. The predicted molar refractivity (Wildman–Crippen MR) is 156 cm³/mol. The number of nitrogens with one attached hydrogen (secondary N) is 1. The van der Waals surface area contributed by atoms with Crippen molar-refractivity contribution in [1.82, 2.24) is 10.2 Å². The van der Waals surface area contributed by atoms with Crippen LogP contribution in [0.25, 0.3) is 33.4 Å². The second-order valence-corrected chi connectivity index (χ2v) is 10.4. The number of anilines is 1. The molecular weight excluding hydrogens is 513 g/mol. The molecule has 4 aromatic rings. The Balaban J connectivity index is 1.55. The van der Waals surface area contributed by atoms with Gasteiger partial charge >= 0.3 is 0 Å². The standard InChI is InChI=1S/C31H32FN3O3S/c1-33-31(37)29-25-19-24(21-9-4-3-5-10-21)26(20-27(25)38-30(29)22-12-14-23(32)15-13-22)35(39-2)18-7-6-16-34-17-8-11-28(34)36/h3-5,9-10,12-15,19-20H,6-8,11,16-18H2,1-2H3,(H,33,37). The van der Waals surface area contributed by atoms with Gasteiger partial charge in [0.05, 0.1) is 11.3 Å². The maximum atomic E-state index is 13.7. The lowest BCUT2D eigenvalue weighted by molar-refractivity contribution is -0.127. The Morgan fingerprint density at radius 2 is 1.85 bits per heavy atom. The Hall–Kier alpha value is -3.78. The first-order chi connectivity index (χ1) is 19.0. The summed E-state index contributed by atoms with van der Waals surface area (Å²) >= 11 is 1.63. The number of likely N-dealkylation sites (tertiary alicyclic amines) is 1. The average Bonchev–Trinajstić information content (AvgIpc) is 3.55. The fraction of sp³-hybridized carbons (Fsp3) is 0.290. The van der Waals surface area contributed by atoms with E-state index in [0.717, 1.165) is 55.7 Å². The van der Waals surface area contributed by atoms with E-state index in [1.807, 2.05) is 41.5 Å². The molecule has 0 saturated carbocycles. The second-order valence-electron chi connectivity index (χ2n) is 9.60. The van der Waals surface area contributed by atoms with Gasteiger partial charge < -0.3 is 18.9 Å². The van der Waals surface area contributed by atoms with Gasteiger partial charge in [0.2, 0.25) is 5.91 Å². The van der Waals surface area contributed by atoms with Crippen molar-refractivity contribution in [3.63, 3.8) is 0 Å². The van der Waals surface area contributed by atoms with Gasteiger partial charge in [0.25, 0.3) is 5.91 Å². The van der Waals surface area contributed by atoms with Crippen LogP contribution in [0.4, 0.5) is 10.1 Å². The Bertz CT molecular complexity index is 1470. The number of nitrogens with zero attached hydrogens (tertiary/aromatic N) is 2. The number of unbranched alkanes of at least 4 members (excludes halogenated alkanes) is 1. The number of hydrogen-bond acceptors (Lipinski definition) is 5. The van der Waals surface area contributed by atoms with E-state index in [0.29, 0.717) is 34.3 Å². The first-order valence-corrected chi connectivity index (χ1v) is 14.4. The third kappa shape index (κ3) is 5.66. The zero-order valence-corrected chi connectivity index (χ0v) is 23.0. The Kier molecular flexibility index (Phi) is 8.21. The van der Waals surface area contributed by atoms with Crippen molar-refractivity contribution in [3.05, 3.63) is 78.1 Å². The Labute approximate surface area is 232 Å².